The highest BCUT2D eigenvalue weighted by molar-refractivity contribution is 5.44. The predicted octanol–water partition coefficient (Wildman–Crippen LogP) is 0.822. The third-order valence-corrected chi connectivity index (χ3v) is 2.19. The van der Waals surface area contributed by atoms with Crippen LogP contribution in [-0.4, -0.2) is 37.1 Å². The molecule has 1 aromatic rings. The van der Waals surface area contributed by atoms with Crippen molar-refractivity contribution >= 4 is 5.82 Å². The van der Waals surface area contributed by atoms with Gasteiger partial charge in [-0.25, -0.2) is 4.98 Å². The Morgan fingerprint density at radius 1 is 1.40 bits per heavy atom. The molecule has 0 saturated heterocycles. The van der Waals surface area contributed by atoms with Crippen molar-refractivity contribution in [2.75, 3.05) is 32.5 Å². The molecule has 0 atom stereocenters. The van der Waals surface area contributed by atoms with Gasteiger partial charge in [0.25, 0.3) is 0 Å². The van der Waals surface area contributed by atoms with E-state index in [1.54, 1.807) is 0 Å². The highest BCUT2D eigenvalue weighted by Gasteiger charge is 2.02. The first-order valence-corrected chi connectivity index (χ1v) is 5.18. The van der Waals surface area contributed by atoms with E-state index in [0.717, 1.165) is 30.2 Å². The molecule has 84 valence electrons. The van der Waals surface area contributed by atoms with Crippen LogP contribution in [-0.2, 0) is 6.54 Å². The van der Waals surface area contributed by atoms with Crippen LogP contribution in [0.5, 0.6) is 0 Å². The lowest BCUT2D eigenvalue weighted by molar-refractivity contribution is 0.425. The number of nitrogens with zero attached hydrogens (tertiary/aromatic N) is 2. The third-order valence-electron chi connectivity index (χ3n) is 2.19. The molecule has 1 aromatic heterocycles. The molecule has 0 aliphatic rings. The second kappa shape index (κ2) is 5.68. The maximum atomic E-state index is 5.64. The molecule has 0 unspecified atom stereocenters. The number of hydrogen-bond donors (Lipinski definition) is 2. The van der Waals surface area contributed by atoms with Gasteiger partial charge in [0.2, 0.25) is 0 Å². The molecule has 0 spiro atoms. The second-order valence-corrected chi connectivity index (χ2v) is 3.89. The molecule has 4 nitrogen and oxygen atoms in total. The Bertz CT molecular complexity index is 309. The maximum absolute atomic E-state index is 5.64. The summed E-state index contributed by atoms with van der Waals surface area (Å²) in [7, 11) is 4.10. The Kier molecular flexibility index (Phi) is 4.52. The molecule has 0 aromatic carbocycles. The van der Waals surface area contributed by atoms with Gasteiger partial charge in [-0.3, -0.25) is 0 Å². The monoisotopic (exact) mass is 208 g/mol. The van der Waals surface area contributed by atoms with Gasteiger partial charge in [-0.15, -0.1) is 0 Å². The maximum Gasteiger partial charge on any atom is 0.130 e. The van der Waals surface area contributed by atoms with Crippen LogP contribution in [0.3, 0.4) is 0 Å². The van der Waals surface area contributed by atoms with Crippen molar-refractivity contribution in [3.05, 3.63) is 23.4 Å². The van der Waals surface area contributed by atoms with Crippen molar-refractivity contribution in [1.29, 1.82) is 0 Å². The Labute approximate surface area is 91.5 Å². The molecule has 0 radical (unpaired) electrons. The summed E-state index contributed by atoms with van der Waals surface area (Å²) in [5, 5.41) is 3.30. The average molecular weight is 208 g/mol. The number of likely N-dealkylation sites (N-methyl/N-ethyl adjacent to an activating group) is 1. The standard InChI is InChI=1S/C11H20N4/c1-9-4-5-10(8-12)11(14-9)13-6-7-15(2)3/h4-5H,6-8,12H2,1-3H3,(H,13,14). The van der Waals surface area contributed by atoms with Crippen LogP contribution in [0.25, 0.3) is 0 Å². The van der Waals surface area contributed by atoms with Crippen molar-refractivity contribution in [2.45, 2.75) is 13.5 Å². The van der Waals surface area contributed by atoms with Gasteiger partial charge >= 0.3 is 0 Å². The summed E-state index contributed by atoms with van der Waals surface area (Å²) in [6.45, 7) is 4.38. The van der Waals surface area contributed by atoms with Crippen LogP contribution in [0.2, 0.25) is 0 Å². The van der Waals surface area contributed by atoms with Gasteiger partial charge in [0.1, 0.15) is 5.82 Å². The van der Waals surface area contributed by atoms with E-state index in [1.165, 1.54) is 0 Å². The number of nitrogens with one attached hydrogen (secondary N) is 1. The minimum Gasteiger partial charge on any atom is -0.369 e. The van der Waals surface area contributed by atoms with Crippen molar-refractivity contribution in [1.82, 2.24) is 9.88 Å². The van der Waals surface area contributed by atoms with E-state index in [9.17, 15) is 0 Å². The zero-order valence-electron chi connectivity index (χ0n) is 9.75. The SMILES string of the molecule is Cc1ccc(CN)c(NCCN(C)C)n1. The van der Waals surface area contributed by atoms with E-state index in [2.05, 4.69) is 29.3 Å². The first kappa shape index (κ1) is 11.9. The van der Waals surface area contributed by atoms with Crippen molar-refractivity contribution in [3.8, 4) is 0 Å². The molecule has 0 aliphatic heterocycles. The molecule has 1 heterocycles. The molecule has 0 amide bonds. The van der Waals surface area contributed by atoms with E-state index in [4.69, 9.17) is 5.73 Å². The van der Waals surface area contributed by atoms with Crippen molar-refractivity contribution in [2.24, 2.45) is 5.73 Å². The van der Waals surface area contributed by atoms with E-state index in [1.807, 2.05) is 19.1 Å². The number of hydrogen-bond acceptors (Lipinski definition) is 4. The average Bonchev–Trinajstić information content (AvgIpc) is 2.17. The Morgan fingerprint density at radius 2 is 2.13 bits per heavy atom. The minimum absolute atomic E-state index is 0.525. The Balaban J connectivity index is 2.62. The molecular weight excluding hydrogens is 188 g/mol. The lowest BCUT2D eigenvalue weighted by Crippen LogP contribution is -2.22. The number of anilines is 1. The molecule has 4 heteroatoms. The van der Waals surface area contributed by atoms with Crippen LogP contribution < -0.4 is 11.1 Å². The fourth-order valence-electron chi connectivity index (χ4n) is 1.30. The Hall–Kier alpha value is -1.13. The fraction of sp³-hybridized carbons (Fsp3) is 0.545. The lowest BCUT2D eigenvalue weighted by Gasteiger charge is -2.13. The van der Waals surface area contributed by atoms with Gasteiger partial charge in [0, 0.05) is 30.9 Å². The van der Waals surface area contributed by atoms with Gasteiger partial charge < -0.3 is 16.0 Å². The number of aryl methyl sites for hydroxylation is 1. The highest BCUT2D eigenvalue weighted by Crippen LogP contribution is 2.12. The largest absolute Gasteiger partial charge is 0.369 e. The minimum atomic E-state index is 0.525. The van der Waals surface area contributed by atoms with E-state index in [0.29, 0.717) is 6.54 Å². The summed E-state index contributed by atoms with van der Waals surface area (Å²) in [6.07, 6.45) is 0. The second-order valence-electron chi connectivity index (χ2n) is 3.89. The number of rotatable bonds is 5. The summed E-state index contributed by atoms with van der Waals surface area (Å²) in [5.41, 5.74) is 7.72. The summed E-state index contributed by atoms with van der Waals surface area (Å²) in [4.78, 5) is 6.56. The number of pyridine rings is 1. The number of nitrogens with two attached hydrogens (primary N) is 1. The van der Waals surface area contributed by atoms with Crippen LogP contribution >= 0.6 is 0 Å². The van der Waals surface area contributed by atoms with Gasteiger partial charge in [-0.05, 0) is 27.1 Å². The summed E-state index contributed by atoms with van der Waals surface area (Å²) in [6, 6.07) is 4.01. The first-order chi connectivity index (χ1) is 7.13. The molecule has 0 fully saturated rings. The number of aromatic nitrogens is 1. The first-order valence-electron chi connectivity index (χ1n) is 5.18. The lowest BCUT2D eigenvalue weighted by atomic mass is 10.2. The normalized spacial score (nSPS) is 10.7. The van der Waals surface area contributed by atoms with Gasteiger partial charge in [-0.2, -0.15) is 0 Å². The smallest absolute Gasteiger partial charge is 0.130 e. The van der Waals surface area contributed by atoms with Gasteiger partial charge in [0.05, 0.1) is 0 Å². The topological polar surface area (TPSA) is 54.2 Å². The third kappa shape index (κ3) is 3.85. The van der Waals surface area contributed by atoms with Gasteiger partial charge in [-0.1, -0.05) is 6.07 Å². The summed E-state index contributed by atoms with van der Waals surface area (Å²) >= 11 is 0. The quantitative estimate of drug-likeness (QED) is 0.752. The fourth-order valence-corrected chi connectivity index (χ4v) is 1.30. The van der Waals surface area contributed by atoms with Crippen LogP contribution in [0, 0.1) is 6.92 Å². The molecule has 1 rings (SSSR count). The highest BCUT2D eigenvalue weighted by atomic mass is 15.1. The van der Waals surface area contributed by atoms with E-state index in [-0.39, 0.29) is 0 Å². The summed E-state index contributed by atoms with van der Waals surface area (Å²) < 4.78 is 0. The zero-order chi connectivity index (χ0) is 11.3. The molecular formula is C11H20N4. The molecule has 3 N–H and O–H groups in total. The van der Waals surface area contributed by atoms with Crippen LogP contribution in [0.4, 0.5) is 5.82 Å². The molecule has 0 saturated carbocycles. The van der Waals surface area contributed by atoms with Gasteiger partial charge in [0.15, 0.2) is 0 Å². The van der Waals surface area contributed by atoms with E-state index < -0.39 is 0 Å². The molecule has 15 heavy (non-hydrogen) atoms. The predicted molar refractivity (Wildman–Crippen MR) is 63.9 cm³/mol. The zero-order valence-corrected chi connectivity index (χ0v) is 9.75. The van der Waals surface area contributed by atoms with Crippen molar-refractivity contribution < 1.29 is 0 Å². The van der Waals surface area contributed by atoms with Crippen molar-refractivity contribution in [3.63, 3.8) is 0 Å². The molecule has 0 bridgehead atoms. The van der Waals surface area contributed by atoms with Crippen LogP contribution in [0.15, 0.2) is 12.1 Å². The van der Waals surface area contributed by atoms with Crippen LogP contribution in [0.1, 0.15) is 11.3 Å². The summed E-state index contributed by atoms with van der Waals surface area (Å²) in [5.74, 6) is 0.916. The Morgan fingerprint density at radius 3 is 2.73 bits per heavy atom. The molecule has 0 aliphatic carbocycles. The van der Waals surface area contributed by atoms with E-state index >= 15 is 0 Å².